The summed E-state index contributed by atoms with van der Waals surface area (Å²) in [5.74, 6) is -0.517. The molecule has 1 aromatic carbocycles. The Morgan fingerprint density at radius 3 is 1.35 bits per heavy atom. The van der Waals surface area contributed by atoms with Crippen LogP contribution in [0.3, 0.4) is 0 Å². The molecule has 0 saturated carbocycles. The van der Waals surface area contributed by atoms with Gasteiger partial charge in [-0.05, 0) is 12.1 Å². The average molecular weight is 670 g/mol. The number of carbonyl (C=O) groups is 2. The summed E-state index contributed by atoms with van der Waals surface area (Å²) >= 11 is -2.20. The molecule has 0 radical (unpaired) electrons. The maximum atomic E-state index is 12.3. The van der Waals surface area contributed by atoms with Crippen LogP contribution in [-0.2, 0) is 23.7 Å². The molecular formula is C31H53NO7Sn. The Kier molecular flexibility index (Phi) is 19.0. The molecule has 9 heteroatoms. The van der Waals surface area contributed by atoms with E-state index < -0.39 is 18.4 Å². The van der Waals surface area contributed by atoms with Crippen molar-refractivity contribution in [2.75, 3.05) is 70.6 Å². The minimum atomic E-state index is -2.20. The molecular weight excluding hydrogens is 617 g/mol. The van der Waals surface area contributed by atoms with Crippen molar-refractivity contribution >= 4 is 30.2 Å². The van der Waals surface area contributed by atoms with Crippen LogP contribution >= 0.6 is 0 Å². The van der Waals surface area contributed by atoms with E-state index in [1.807, 2.05) is 0 Å². The maximum absolute atomic E-state index is 12.3. The van der Waals surface area contributed by atoms with E-state index in [4.69, 9.17) is 23.7 Å². The van der Waals surface area contributed by atoms with Gasteiger partial charge in [0.05, 0.1) is 30.9 Å². The molecule has 0 unspecified atom stereocenters. The van der Waals surface area contributed by atoms with Crippen molar-refractivity contribution in [1.82, 2.24) is 4.90 Å². The summed E-state index contributed by atoms with van der Waals surface area (Å²) in [5, 5.41) is 0. The van der Waals surface area contributed by atoms with Gasteiger partial charge in [-0.1, -0.05) is 12.1 Å². The molecule has 8 nitrogen and oxygen atoms in total. The fourth-order valence-corrected chi connectivity index (χ4v) is 19.5. The van der Waals surface area contributed by atoms with Gasteiger partial charge in [-0.15, -0.1) is 0 Å². The first-order valence-corrected chi connectivity index (χ1v) is 23.5. The monoisotopic (exact) mass is 671 g/mol. The van der Waals surface area contributed by atoms with Crippen LogP contribution < -0.4 is 0 Å². The van der Waals surface area contributed by atoms with Crippen LogP contribution in [-0.4, -0.2) is 106 Å². The van der Waals surface area contributed by atoms with Crippen molar-refractivity contribution in [3.63, 3.8) is 0 Å². The third-order valence-corrected chi connectivity index (χ3v) is 21.9. The van der Waals surface area contributed by atoms with E-state index >= 15 is 0 Å². The van der Waals surface area contributed by atoms with E-state index in [0.29, 0.717) is 64.0 Å². The van der Waals surface area contributed by atoms with Gasteiger partial charge in [0.15, 0.2) is 0 Å². The van der Waals surface area contributed by atoms with Crippen LogP contribution in [0.4, 0.5) is 0 Å². The fourth-order valence-electron chi connectivity index (χ4n) is 5.01. The second kappa shape index (κ2) is 21.6. The number of benzene rings is 1. The summed E-state index contributed by atoms with van der Waals surface area (Å²) in [6.45, 7) is 11.6. The Labute approximate surface area is 246 Å². The minimum Gasteiger partial charge on any atom is -0.377 e. The smallest absolute Gasteiger partial charge is 0.377 e. The molecule has 0 atom stereocenters. The second-order valence-electron chi connectivity index (χ2n) is 10.6. The number of carbonyl (C=O) groups excluding carboxylic acids is 2. The van der Waals surface area contributed by atoms with Crippen molar-refractivity contribution in [2.45, 2.75) is 72.6 Å². The molecule has 0 N–H and O–H groups in total. The topological polar surface area (TPSA) is 83.5 Å². The zero-order valence-electron chi connectivity index (χ0n) is 25.3. The van der Waals surface area contributed by atoms with Crippen LogP contribution in [0, 0.1) is 0 Å². The predicted molar refractivity (Wildman–Crippen MR) is 161 cm³/mol. The Bertz CT molecular complexity index is 781. The Hall–Kier alpha value is -1.04. The first kappa shape index (κ1) is 35.2. The normalized spacial score (nSPS) is 13.4. The third-order valence-electron chi connectivity index (χ3n) is 7.42. The molecule has 0 aromatic heterocycles. The number of amides is 2. The number of fused-ring (bicyclic) bond motifs is 1. The van der Waals surface area contributed by atoms with E-state index in [1.54, 1.807) is 24.3 Å². The number of hydrogen-bond donors (Lipinski definition) is 0. The Balaban J connectivity index is 1.41. The van der Waals surface area contributed by atoms with E-state index in [1.165, 1.54) is 56.7 Å². The predicted octanol–water partition coefficient (Wildman–Crippen LogP) is 5.75. The molecule has 2 rings (SSSR count). The number of hydrogen-bond acceptors (Lipinski definition) is 7. The fraction of sp³-hybridized carbons (Fsp3) is 0.742. The van der Waals surface area contributed by atoms with Crippen LogP contribution in [0.5, 0.6) is 0 Å². The molecule has 1 aromatic rings. The van der Waals surface area contributed by atoms with Crippen LogP contribution in [0.1, 0.15) is 80.0 Å². The van der Waals surface area contributed by atoms with E-state index in [9.17, 15) is 9.59 Å². The third kappa shape index (κ3) is 12.9. The van der Waals surface area contributed by atoms with Crippen LogP contribution in [0.2, 0.25) is 13.3 Å². The van der Waals surface area contributed by atoms with Crippen molar-refractivity contribution in [2.24, 2.45) is 0 Å². The summed E-state index contributed by atoms with van der Waals surface area (Å²) in [5.41, 5.74) is 0.919. The van der Waals surface area contributed by atoms with Gasteiger partial charge in [0.1, 0.15) is 0 Å². The van der Waals surface area contributed by atoms with E-state index in [2.05, 4.69) is 20.8 Å². The van der Waals surface area contributed by atoms with Gasteiger partial charge in [-0.2, -0.15) is 0 Å². The minimum absolute atomic E-state index is 0.237. The van der Waals surface area contributed by atoms with Gasteiger partial charge >= 0.3 is 161 Å². The number of imide groups is 1. The van der Waals surface area contributed by atoms with Crippen molar-refractivity contribution in [3.8, 4) is 0 Å². The van der Waals surface area contributed by atoms with Crippen molar-refractivity contribution in [1.29, 1.82) is 0 Å². The van der Waals surface area contributed by atoms with Crippen LogP contribution in [0.25, 0.3) is 0 Å². The standard InChI is InChI=1S/C19H26NO7.3C4H9.Sn/c1-23-8-9-25-12-13-27-15-14-26-11-10-24-7-6-20-18(21)16-4-2-3-5-17(16)19(20)22;3*1-3-4-2;/h2-5H,1,6-15H2;3*1,3-4H2,2H3;. The summed E-state index contributed by atoms with van der Waals surface area (Å²) in [4.78, 5) is 25.9. The molecule has 1 heterocycles. The molecule has 0 fully saturated rings. The molecule has 0 saturated heterocycles. The second-order valence-corrected chi connectivity index (χ2v) is 24.3. The van der Waals surface area contributed by atoms with E-state index in [-0.39, 0.29) is 25.0 Å². The number of unbranched alkanes of at least 4 members (excludes halogenated alkanes) is 3. The van der Waals surface area contributed by atoms with Gasteiger partial charge in [0.25, 0.3) is 11.8 Å². The van der Waals surface area contributed by atoms with Gasteiger partial charge in [-0.25, -0.2) is 0 Å². The van der Waals surface area contributed by atoms with Gasteiger partial charge in [0.2, 0.25) is 0 Å². The number of nitrogens with zero attached hydrogens (tertiary/aromatic N) is 1. The molecule has 0 aliphatic carbocycles. The average Bonchev–Trinajstić information content (AvgIpc) is 3.22. The summed E-state index contributed by atoms with van der Waals surface area (Å²) < 4.78 is 34.0. The van der Waals surface area contributed by atoms with Gasteiger partial charge in [-0.3, -0.25) is 14.5 Å². The quantitative estimate of drug-likeness (QED) is 0.0705. The molecule has 1 aliphatic rings. The first-order chi connectivity index (χ1) is 19.6. The van der Waals surface area contributed by atoms with E-state index in [0.717, 1.165) is 4.62 Å². The zero-order chi connectivity index (χ0) is 28.9. The van der Waals surface area contributed by atoms with Gasteiger partial charge in [0, 0.05) is 0 Å². The zero-order valence-corrected chi connectivity index (χ0v) is 28.1. The molecule has 228 valence electrons. The first-order valence-electron chi connectivity index (χ1n) is 15.4. The number of ether oxygens (including phenoxy) is 5. The van der Waals surface area contributed by atoms with Crippen molar-refractivity contribution < 1.29 is 33.3 Å². The summed E-state index contributed by atoms with van der Waals surface area (Å²) in [7, 11) is 0. The molecule has 40 heavy (non-hydrogen) atoms. The number of rotatable bonds is 26. The summed E-state index contributed by atoms with van der Waals surface area (Å²) in [6.07, 6.45) is 7.99. The molecule has 2 amide bonds. The molecule has 0 bridgehead atoms. The molecule has 1 aliphatic heterocycles. The Morgan fingerprint density at radius 2 is 0.950 bits per heavy atom. The summed E-state index contributed by atoms with van der Waals surface area (Å²) in [6, 6.07) is 6.88. The SMILES string of the molecule is CCC[CH2][Sn]([CH2]CCC)([CH2]CCC)[CH2]OCCOCCOCCOCCOCCN1C(=O)c2ccccc2C1=O. The van der Waals surface area contributed by atoms with Crippen LogP contribution in [0.15, 0.2) is 24.3 Å². The van der Waals surface area contributed by atoms with Crippen molar-refractivity contribution in [3.05, 3.63) is 35.4 Å². The van der Waals surface area contributed by atoms with Gasteiger partial charge < -0.3 is 4.74 Å². The Morgan fingerprint density at radius 1 is 0.575 bits per heavy atom. The molecule has 0 spiro atoms.